The summed E-state index contributed by atoms with van der Waals surface area (Å²) in [6.07, 6.45) is 2.62. The number of nitrogens with one attached hydrogen (secondary N) is 1. The first kappa shape index (κ1) is 14.6. The van der Waals surface area contributed by atoms with Crippen molar-refractivity contribution in [3.05, 3.63) is 57.6 Å². The summed E-state index contributed by atoms with van der Waals surface area (Å²) in [5.74, 6) is 1.78. The van der Waals surface area contributed by atoms with Gasteiger partial charge in [-0.2, -0.15) is 0 Å². The van der Waals surface area contributed by atoms with E-state index in [0.717, 1.165) is 34.1 Å². The highest BCUT2D eigenvalue weighted by Crippen LogP contribution is 2.32. The second-order valence-electron chi connectivity index (χ2n) is 5.79. The molecule has 1 N–H and O–H groups in total. The van der Waals surface area contributed by atoms with Gasteiger partial charge < -0.3 is 10.1 Å². The summed E-state index contributed by atoms with van der Waals surface area (Å²) >= 11 is 3.57. The van der Waals surface area contributed by atoms with Crippen molar-refractivity contribution in [3.8, 4) is 11.5 Å². The maximum absolute atomic E-state index is 6.08. The molecule has 0 saturated heterocycles. The van der Waals surface area contributed by atoms with Gasteiger partial charge in [0.05, 0.1) is 4.47 Å². The van der Waals surface area contributed by atoms with Gasteiger partial charge in [-0.3, -0.25) is 0 Å². The molecular weight excluding hydrogens is 326 g/mol. The van der Waals surface area contributed by atoms with Crippen molar-refractivity contribution in [2.24, 2.45) is 0 Å². The second-order valence-corrected chi connectivity index (χ2v) is 6.65. The lowest BCUT2D eigenvalue weighted by molar-refractivity contribution is 0.474. The Kier molecular flexibility index (Phi) is 4.32. The maximum atomic E-state index is 6.08. The molecule has 1 aliphatic rings. The van der Waals surface area contributed by atoms with Crippen LogP contribution in [-0.2, 0) is 6.54 Å². The lowest BCUT2D eigenvalue weighted by atomic mass is 10.1. The lowest BCUT2D eigenvalue weighted by Crippen LogP contribution is -2.15. The van der Waals surface area contributed by atoms with E-state index in [1.807, 2.05) is 6.07 Å². The van der Waals surface area contributed by atoms with Crippen molar-refractivity contribution in [3.63, 3.8) is 0 Å². The smallest absolute Gasteiger partial charge is 0.141 e. The minimum atomic E-state index is 0.724. The molecule has 0 aromatic heterocycles. The molecule has 0 amide bonds. The van der Waals surface area contributed by atoms with Crippen LogP contribution in [0.4, 0.5) is 0 Å². The van der Waals surface area contributed by atoms with E-state index in [2.05, 4.69) is 65.4 Å². The maximum Gasteiger partial charge on any atom is 0.141 e. The van der Waals surface area contributed by atoms with Gasteiger partial charge in [0.15, 0.2) is 0 Å². The Morgan fingerprint density at radius 1 is 1.10 bits per heavy atom. The molecule has 21 heavy (non-hydrogen) atoms. The number of ether oxygens (including phenoxy) is 1. The van der Waals surface area contributed by atoms with Gasteiger partial charge in [0, 0.05) is 12.6 Å². The van der Waals surface area contributed by atoms with Crippen molar-refractivity contribution in [2.75, 3.05) is 0 Å². The molecule has 2 nitrogen and oxygen atoms in total. The molecule has 0 radical (unpaired) electrons. The van der Waals surface area contributed by atoms with Crippen molar-refractivity contribution in [1.29, 1.82) is 0 Å². The van der Waals surface area contributed by atoms with E-state index in [1.165, 1.54) is 24.0 Å². The van der Waals surface area contributed by atoms with Crippen LogP contribution in [-0.4, -0.2) is 6.04 Å². The summed E-state index contributed by atoms with van der Waals surface area (Å²) in [7, 11) is 0. The molecule has 0 bridgehead atoms. The Labute approximate surface area is 134 Å². The Hall–Kier alpha value is -1.32. The first-order chi connectivity index (χ1) is 10.1. The highest BCUT2D eigenvalue weighted by Gasteiger charge is 2.20. The molecular formula is C18H20BrNO. The SMILES string of the molecule is Cc1ccc(Oc2cc(CNC3CC3)ccc2C)c(Br)c1. The Bertz CT molecular complexity index is 650. The van der Waals surface area contributed by atoms with Crippen molar-refractivity contribution in [1.82, 2.24) is 5.32 Å². The molecule has 0 aliphatic heterocycles. The number of halogens is 1. The van der Waals surface area contributed by atoms with E-state index in [0.29, 0.717) is 0 Å². The zero-order chi connectivity index (χ0) is 14.8. The molecule has 0 atom stereocenters. The van der Waals surface area contributed by atoms with Crippen LogP contribution < -0.4 is 10.1 Å². The fourth-order valence-electron chi connectivity index (χ4n) is 2.22. The number of hydrogen-bond acceptors (Lipinski definition) is 2. The largest absolute Gasteiger partial charge is 0.456 e. The van der Waals surface area contributed by atoms with Crippen molar-refractivity contribution < 1.29 is 4.74 Å². The van der Waals surface area contributed by atoms with E-state index >= 15 is 0 Å². The van der Waals surface area contributed by atoms with Gasteiger partial charge in [-0.05, 0) is 77.5 Å². The third-order valence-corrected chi connectivity index (χ3v) is 4.35. The van der Waals surface area contributed by atoms with Crippen LogP contribution in [0, 0.1) is 13.8 Å². The van der Waals surface area contributed by atoms with Crippen molar-refractivity contribution in [2.45, 2.75) is 39.3 Å². The van der Waals surface area contributed by atoms with Crippen LogP contribution in [0.2, 0.25) is 0 Å². The van der Waals surface area contributed by atoms with Gasteiger partial charge in [0.2, 0.25) is 0 Å². The predicted molar refractivity (Wildman–Crippen MR) is 90.0 cm³/mol. The summed E-state index contributed by atoms with van der Waals surface area (Å²) in [5.41, 5.74) is 3.64. The lowest BCUT2D eigenvalue weighted by Gasteiger charge is -2.13. The molecule has 3 heteroatoms. The minimum absolute atomic E-state index is 0.724. The fraction of sp³-hybridized carbons (Fsp3) is 0.333. The quantitative estimate of drug-likeness (QED) is 0.812. The first-order valence-corrected chi connectivity index (χ1v) is 8.18. The number of hydrogen-bond donors (Lipinski definition) is 1. The van der Waals surface area contributed by atoms with E-state index in [4.69, 9.17) is 4.74 Å². The molecule has 110 valence electrons. The number of benzene rings is 2. The molecule has 1 saturated carbocycles. The average molecular weight is 346 g/mol. The van der Waals surface area contributed by atoms with E-state index in [-0.39, 0.29) is 0 Å². The highest BCUT2D eigenvalue weighted by molar-refractivity contribution is 9.10. The third-order valence-electron chi connectivity index (χ3n) is 3.73. The van der Waals surface area contributed by atoms with Crippen LogP contribution in [0.3, 0.4) is 0 Å². The fourth-order valence-corrected chi connectivity index (χ4v) is 2.80. The summed E-state index contributed by atoms with van der Waals surface area (Å²) in [6.45, 7) is 5.07. The van der Waals surface area contributed by atoms with Gasteiger partial charge in [0.1, 0.15) is 11.5 Å². The molecule has 1 aliphatic carbocycles. The Morgan fingerprint density at radius 3 is 2.62 bits per heavy atom. The third kappa shape index (κ3) is 3.86. The zero-order valence-electron chi connectivity index (χ0n) is 12.4. The molecule has 0 heterocycles. The van der Waals surface area contributed by atoms with Crippen LogP contribution in [0.1, 0.15) is 29.5 Å². The monoisotopic (exact) mass is 345 g/mol. The van der Waals surface area contributed by atoms with Crippen molar-refractivity contribution >= 4 is 15.9 Å². The predicted octanol–water partition coefficient (Wildman–Crippen LogP) is 5.11. The van der Waals surface area contributed by atoms with Crippen LogP contribution >= 0.6 is 15.9 Å². The summed E-state index contributed by atoms with van der Waals surface area (Å²) in [4.78, 5) is 0. The molecule has 3 rings (SSSR count). The Balaban J connectivity index is 1.77. The summed E-state index contributed by atoms with van der Waals surface area (Å²) in [6, 6.07) is 13.3. The van der Waals surface area contributed by atoms with Gasteiger partial charge in [0.25, 0.3) is 0 Å². The number of rotatable bonds is 5. The van der Waals surface area contributed by atoms with E-state index in [1.54, 1.807) is 0 Å². The molecule has 0 unspecified atom stereocenters. The van der Waals surface area contributed by atoms with Crippen LogP contribution in [0.5, 0.6) is 11.5 Å². The normalized spacial score (nSPS) is 14.2. The van der Waals surface area contributed by atoms with Gasteiger partial charge >= 0.3 is 0 Å². The van der Waals surface area contributed by atoms with Crippen LogP contribution in [0.15, 0.2) is 40.9 Å². The van der Waals surface area contributed by atoms with Gasteiger partial charge in [-0.25, -0.2) is 0 Å². The first-order valence-electron chi connectivity index (χ1n) is 7.39. The standard InChI is InChI=1S/C18H20BrNO/c1-12-3-8-17(16(19)9-12)21-18-10-14(5-4-13(18)2)11-20-15-6-7-15/h3-5,8-10,15,20H,6-7,11H2,1-2H3. The molecule has 2 aromatic rings. The summed E-state index contributed by atoms with van der Waals surface area (Å²) < 4.78 is 7.07. The number of aryl methyl sites for hydroxylation is 2. The van der Waals surface area contributed by atoms with Crippen LogP contribution in [0.25, 0.3) is 0 Å². The molecule has 1 fully saturated rings. The second kappa shape index (κ2) is 6.20. The van der Waals surface area contributed by atoms with E-state index < -0.39 is 0 Å². The Morgan fingerprint density at radius 2 is 1.90 bits per heavy atom. The average Bonchev–Trinajstić information content (AvgIpc) is 3.27. The van der Waals surface area contributed by atoms with Gasteiger partial charge in [-0.1, -0.05) is 18.2 Å². The molecule has 2 aromatic carbocycles. The van der Waals surface area contributed by atoms with E-state index in [9.17, 15) is 0 Å². The van der Waals surface area contributed by atoms with Gasteiger partial charge in [-0.15, -0.1) is 0 Å². The summed E-state index contributed by atoms with van der Waals surface area (Å²) in [5, 5.41) is 3.54. The molecule has 0 spiro atoms. The zero-order valence-corrected chi connectivity index (χ0v) is 14.0. The topological polar surface area (TPSA) is 21.3 Å². The minimum Gasteiger partial charge on any atom is -0.456 e. The highest BCUT2D eigenvalue weighted by atomic mass is 79.9.